The average Bonchev–Trinajstić information content (AvgIpc) is 2.59. The molecule has 4 nitrogen and oxygen atoms in total. The van der Waals surface area contributed by atoms with E-state index in [9.17, 15) is 4.79 Å². The molecule has 2 fully saturated rings. The Labute approximate surface area is 91.6 Å². The van der Waals surface area contributed by atoms with Gasteiger partial charge in [-0.2, -0.15) is 0 Å². The highest BCUT2D eigenvalue weighted by Crippen LogP contribution is 2.16. The van der Waals surface area contributed by atoms with Crippen molar-refractivity contribution in [3.63, 3.8) is 0 Å². The molecule has 86 valence electrons. The monoisotopic (exact) mass is 211 g/mol. The van der Waals surface area contributed by atoms with E-state index in [4.69, 9.17) is 0 Å². The fourth-order valence-corrected chi connectivity index (χ4v) is 2.56. The summed E-state index contributed by atoms with van der Waals surface area (Å²) in [6.07, 6.45) is 1.24. The average molecular weight is 211 g/mol. The summed E-state index contributed by atoms with van der Waals surface area (Å²) < 4.78 is 0. The van der Waals surface area contributed by atoms with Crippen molar-refractivity contribution < 1.29 is 4.79 Å². The number of likely N-dealkylation sites (tertiary alicyclic amines) is 1. The molecule has 1 N–H and O–H groups in total. The number of hydrogen-bond donors (Lipinski definition) is 1. The van der Waals surface area contributed by atoms with Crippen LogP contribution in [0.3, 0.4) is 0 Å². The quantitative estimate of drug-likeness (QED) is 0.684. The molecular weight excluding hydrogens is 190 g/mol. The van der Waals surface area contributed by atoms with Crippen molar-refractivity contribution in [1.29, 1.82) is 0 Å². The van der Waals surface area contributed by atoms with Gasteiger partial charge in [0.1, 0.15) is 0 Å². The zero-order chi connectivity index (χ0) is 10.8. The Balaban J connectivity index is 1.85. The molecule has 4 heteroatoms. The van der Waals surface area contributed by atoms with Crippen LogP contribution in [0.1, 0.15) is 13.3 Å². The van der Waals surface area contributed by atoms with Crippen LogP contribution in [0.25, 0.3) is 0 Å². The maximum absolute atomic E-state index is 11.8. The predicted molar refractivity (Wildman–Crippen MR) is 59.6 cm³/mol. The normalized spacial score (nSPS) is 33.7. The van der Waals surface area contributed by atoms with E-state index >= 15 is 0 Å². The molecule has 1 amide bonds. The molecule has 2 atom stereocenters. The number of piperazine rings is 1. The van der Waals surface area contributed by atoms with Crippen LogP contribution in [0.4, 0.5) is 0 Å². The number of amides is 1. The molecule has 2 aliphatic rings. The van der Waals surface area contributed by atoms with Crippen LogP contribution in [-0.2, 0) is 4.79 Å². The van der Waals surface area contributed by atoms with Crippen molar-refractivity contribution >= 4 is 5.91 Å². The van der Waals surface area contributed by atoms with Gasteiger partial charge < -0.3 is 15.1 Å². The van der Waals surface area contributed by atoms with E-state index in [1.807, 2.05) is 11.8 Å². The topological polar surface area (TPSA) is 35.6 Å². The maximum Gasteiger partial charge on any atom is 0.239 e. The number of carbonyl (C=O) groups excluding carboxylic acids is 1. The lowest BCUT2D eigenvalue weighted by molar-refractivity contribution is -0.135. The third-order valence-electron chi connectivity index (χ3n) is 3.48. The summed E-state index contributed by atoms with van der Waals surface area (Å²) in [5.41, 5.74) is 0. The lowest BCUT2D eigenvalue weighted by Crippen LogP contribution is -2.54. The summed E-state index contributed by atoms with van der Waals surface area (Å²) in [6, 6.07) is 0.0119. The standard InChI is InChI=1S/C11H21N3O/c1-9-11(15)14(6-4-12-9)8-10-3-5-13(2)7-10/h9-10,12H,3-8H2,1-2H3. The van der Waals surface area contributed by atoms with E-state index in [1.54, 1.807) is 0 Å². The van der Waals surface area contributed by atoms with Crippen LogP contribution in [0.5, 0.6) is 0 Å². The van der Waals surface area contributed by atoms with Gasteiger partial charge in [-0.3, -0.25) is 4.79 Å². The maximum atomic E-state index is 11.8. The number of nitrogens with zero attached hydrogens (tertiary/aromatic N) is 2. The minimum Gasteiger partial charge on any atom is -0.340 e. The van der Waals surface area contributed by atoms with Gasteiger partial charge >= 0.3 is 0 Å². The van der Waals surface area contributed by atoms with Crippen molar-refractivity contribution in [1.82, 2.24) is 15.1 Å². The first-order valence-corrected chi connectivity index (χ1v) is 5.87. The Morgan fingerprint density at radius 1 is 1.47 bits per heavy atom. The molecule has 0 bridgehead atoms. The van der Waals surface area contributed by atoms with Gasteiger partial charge in [-0.1, -0.05) is 0 Å². The van der Waals surface area contributed by atoms with Gasteiger partial charge in [-0.25, -0.2) is 0 Å². The van der Waals surface area contributed by atoms with Gasteiger partial charge in [0, 0.05) is 26.2 Å². The van der Waals surface area contributed by atoms with Crippen molar-refractivity contribution in [2.24, 2.45) is 5.92 Å². The molecule has 0 aromatic rings. The minimum atomic E-state index is 0.0119. The minimum absolute atomic E-state index is 0.0119. The van der Waals surface area contributed by atoms with Gasteiger partial charge in [-0.15, -0.1) is 0 Å². The highest BCUT2D eigenvalue weighted by atomic mass is 16.2. The summed E-state index contributed by atoms with van der Waals surface area (Å²) in [5.74, 6) is 0.958. The third kappa shape index (κ3) is 2.49. The van der Waals surface area contributed by atoms with Crippen LogP contribution in [0.2, 0.25) is 0 Å². The molecule has 2 saturated heterocycles. The van der Waals surface area contributed by atoms with E-state index < -0.39 is 0 Å². The molecule has 2 aliphatic heterocycles. The lowest BCUT2D eigenvalue weighted by Gasteiger charge is -2.33. The Kier molecular flexibility index (Phi) is 3.26. The molecule has 0 aromatic heterocycles. The molecular formula is C11H21N3O. The number of carbonyl (C=O) groups is 1. The van der Waals surface area contributed by atoms with E-state index in [2.05, 4.69) is 17.3 Å². The van der Waals surface area contributed by atoms with E-state index in [0.29, 0.717) is 5.92 Å². The van der Waals surface area contributed by atoms with Gasteiger partial charge in [0.25, 0.3) is 0 Å². The summed E-state index contributed by atoms with van der Waals surface area (Å²) in [5, 5.41) is 3.19. The zero-order valence-corrected chi connectivity index (χ0v) is 9.70. The molecule has 0 aromatic carbocycles. The van der Waals surface area contributed by atoms with Crippen LogP contribution >= 0.6 is 0 Å². The fourth-order valence-electron chi connectivity index (χ4n) is 2.56. The van der Waals surface area contributed by atoms with Crippen molar-refractivity contribution in [3.8, 4) is 0 Å². The van der Waals surface area contributed by atoms with Crippen LogP contribution < -0.4 is 5.32 Å². The van der Waals surface area contributed by atoms with Crippen molar-refractivity contribution in [3.05, 3.63) is 0 Å². The fraction of sp³-hybridized carbons (Fsp3) is 0.909. The van der Waals surface area contributed by atoms with Gasteiger partial charge in [-0.05, 0) is 32.9 Å². The van der Waals surface area contributed by atoms with Gasteiger partial charge in [0.15, 0.2) is 0 Å². The smallest absolute Gasteiger partial charge is 0.239 e. The van der Waals surface area contributed by atoms with Gasteiger partial charge in [0.2, 0.25) is 5.91 Å². The molecule has 2 heterocycles. The lowest BCUT2D eigenvalue weighted by atomic mass is 10.1. The van der Waals surface area contributed by atoms with E-state index in [-0.39, 0.29) is 11.9 Å². The highest BCUT2D eigenvalue weighted by molar-refractivity contribution is 5.82. The first kappa shape index (κ1) is 10.9. The number of hydrogen-bond acceptors (Lipinski definition) is 3. The predicted octanol–water partition coefficient (Wildman–Crippen LogP) is -0.242. The second-order valence-corrected chi connectivity index (χ2v) is 4.88. The largest absolute Gasteiger partial charge is 0.340 e. The summed E-state index contributed by atoms with van der Waals surface area (Å²) >= 11 is 0. The van der Waals surface area contributed by atoms with Crippen LogP contribution in [-0.4, -0.2) is 61.5 Å². The second-order valence-electron chi connectivity index (χ2n) is 4.88. The second kappa shape index (κ2) is 4.49. The SMILES string of the molecule is CC1NCCN(CC2CCN(C)C2)C1=O. The molecule has 2 unspecified atom stereocenters. The molecule has 2 rings (SSSR count). The van der Waals surface area contributed by atoms with Crippen molar-refractivity contribution in [2.45, 2.75) is 19.4 Å². The van der Waals surface area contributed by atoms with Gasteiger partial charge in [0.05, 0.1) is 6.04 Å². The zero-order valence-electron chi connectivity index (χ0n) is 9.70. The molecule has 0 aliphatic carbocycles. The summed E-state index contributed by atoms with van der Waals surface area (Å²) in [6.45, 7) is 7.05. The number of rotatable bonds is 2. The van der Waals surface area contributed by atoms with Crippen molar-refractivity contribution in [2.75, 3.05) is 39.8 Å². The Bertz CT molecular complexity index is 244. The summed E-state index contributed by atoms with van der Waals surface area (Å²) in [4.78, 5) is 16.2. The first-order chi connectivity index (χ1) is 7.16. The highest BCUT2D eigenvalue weighted by Gasteiger charge is 2.28. The third-order valence-corrected chi connectivity index (χ3v) is 3.48. The summed E-state index contributed by atoms with van der Waals surface area (Å²) in [7, 11) is 2.15. The van der Waals surface area contributed by atoms with E-state index in [0.717, 1.165) is 26.2 Å². The Morgan fingerprint density at radius 2 is 2.27 bits per heavy atom. The van der Waals surface area contributed by atoms with E-state index in [1.165, 1.54) is 13.0 Å². The van der Waals surface area contributed by atoms with Crippen LogP contribution in [0, 0.1) is 5.92 Å². The molecule has 0 spiro atoms. The Hall–Kier alpha value is -0.610. The molecule has 0 saturated carbocycles. The molecule has 0 radical (unpaired) electrons. The molecule has 15 heavy (non-hydrogen) atoms. The number of nitrogens with one attached hydrogen (secondary N) is 1. The van der Waals surface area contributed by atoms with Crippen LogP contribution in [0.15, 0.2) is 0 Å². The first-order valence-electron chi connectivity index (χ1n) is 5.87. The Morgan fingerprint density at radius 3 is 2.93 bits per heavy atom.